The minimum absolute atomic E-state index is 0.0241. The third-order valence-electron chi connectivity index (χ3n) is 4.76. The summed E-state index contributed by atoms with van der Waals surface area (Å²) in [5, 5.41) is 12.0. The van der Waals surface area contributed by atoms with Gasteiger partial charge in [0.2, 0.25) is 5.95 Å². The number of carboxylic acids is 1. The molecule has 0 saturated carbocycles. The van der Waals surface area contributed by atoms with Crippen molar-refractivity contribution in [2.75, 3.05) is 11.9 Å². The molecule has 4 N–H and O–H groups in total. The summed E-state index contributed by atoms with van der Waals surface area (Å²) >= 11 is 0. The lowest BCUT2D eigenvalue weighted by Gasteiger charge is -2.09. The third kappa shape index (κ3) is 4.33. The molecule has 1 aromatic carbocycles. The number of rotatable bonds is 8. The summed E-state index contributed by atoms with van der Waals surface area (Å²) < 4.78 is 1.91. The molecule has 0 saturated heterocycles. The van der Waals surface area contributed by atoms with Crippen LogP contribution in [0, 0.1) is 13.8 Å². The number of carbonyl (C=O) groups is 2. The Balaban J connectivity index is 1.90. The molecule has 150 valence electrons. The second kappa shape index (κ2) is 8.66. The van der Waals surface area contributed by atoms with Crippen molar-refractivity contribution in [2.24, 2.45) is 5.73 Å². The van der Waals surface area contributed by atoms with Gasteiger partial charge in [-0.05, 0) is 43.2 Å². The van der Waals surface area contributed by atoms with Gasteiger partial charge in [0, 0.05) is 36.2 Å². The van der Waals surface area contributed by atoms with Crippen molar-refractivity contribution in [3.05, 3.63) is 59.0 Å². The number of nitrogens with two attached hydrogens (primary N) is 1. The largest absolute Gasteiger partial charge is 0.481 e. The topological polar surface area (TPSA) is 123 Å². The predicted octanol–water partition coefficient (Wildman–Crippen LogP) is 2.70. The van der Waals surface area contributed by atoms with Crippen LogP contribution in [0.4, 0.5) is 11.6 Å². The number of aliphatic carboxylic acids is 1. The minimum Gasteiger partial charge on any atom is -0.481 e. The van der Waals surface area contributed by atoms with Crippen molar-refractivity contribution in [3.63, 3.8) is 0 Å². The fourth-order valence-electron chi connectivity index (χ4n) is 3.43. The molecule has 0 radical (unpaired) electrons. The highest BCUT2D eigenvalue weighted by atomic mass is 16.4. The molecule has 0 aliphatic rings. The van der Waals surface area contributed by atoms with Gasteiger partial charge in [-0.15, -0.1) is 0 Å². The van der Waals surface area contributed by atoms with Gasteiger partial charge in [0.1, 0.15) is 0 Å². The molecule has 29 heavy (non-hydrogen) atoms. The molecule has 2 heterocycles. The zero-order valence-electron chi connectivity index (χ0n) is 16.3. The van der Waals surface area contributed by atoms with Crippen molar-refractivity contribution in [2.45, 2.75) is 26.8 Å². The standard InChI is InChI=1S/C21H23N5O3/c1-13-18(12-27)26(10-8-22)14(2)20(13)17-7-9-23-21(25-17)24-16-5-3-15(4-6-16)11-19(28)29/h3-7,9,12H,8,10-11,22H2,1-2H3,(H,28,29)(H,23,24,25). The number of nitrogens with one attached hydrogen (secondary N) is 1. The monoisotopic (exact) mass is 393 g/mol. The maximum Gasteiger partial charge on any atom is 0.307 e. The Morgan fingerprint density at radius 2 is 1.97 bits per heavy atom. The Morgan fingerprint density at radius 1 is 1.24 bits per heavy atom. The Labute approximate surface area is 168 Å². The van der Waals surface area contributed by atoms with Crippen LogP contribution in [-0.2, 0) is 17.8 Å². The summed E-state index contributed by atoms with van der Waals surface area (Å²) in [6.45, 7) is 4.83. The van der Waals surface area contributed by atoms with E-state index in [2.05, 4.69) is 15.3 Å². The molecule has 3 rings (SSSR count). The van der Waals surface area contributed by atoms with E-state index in [1.165, 1.54) is 0 Å². The van der Waals surface area contributed by atoms with E-state index < -0.39 is 5.97 Å². The van der Waals surface area contributed by atoms with Gasteiger partial charge in [-0.25, -0.2) is 9.97 Å². The number of hydrogen-bond donors (Lipinski definition) is 3. The molecule has 0 atom stereocenters. The zero-order chi connectivity index (χ0) is 21.0. The molecule has 2 aromatic heterocycles. The van der Waals surface area contributed by atoms with Gasteiger partial charge in [0.15, 0.2) is 6.29 Å². The van der Waals surface area contributed by atoms with Crippen LogP contribution in [-0.4, -0.2) is 38.4 Å². The van der Waals surface area contributed by atoms with E-state index in [0.29, 0.717) is 36.0 Å². The summed E-state index contributed by atoms with van der Waals surface area (Å²) in [6, 6.07) is 8.87. The number of aldehydes is 1. The van der Waals surface area contributed by atoms with Crippen molar-refractivity contribution in [1.82, 2.24) is 14.5 Å². The number of anilines is 2. The number of nitrogens with zero attached hydrogens (tertiary/aromatic N) is 3. The average Bonchev–Trinajstić information content (AvgIpc) is 2.93. The Kier molecular flexibility index (Phi) is 6.04. The lowest BCUT2D eigenvalue weighted by Crippen LogP contribution is -2.13. The molecule has 0 fully saturated rings. The molecule has 0 aliphatic heterocycles. The van der Waals surface area contributed by atoms with Crippen LogP contribution >= 0.6 is 0 Å². The van der Waals surface area contributed by atoms with E-state index in [4.69, 9.17) is 10.8 Å². The van der Waals surface area contributed by atoms with E-state index >= 15 is 0 Å². The second-order valence-corrected chi connectivity index (χ2v) is 6.69. The Bertz CT molecular complexity index is 1040. The fourth-order valence-corrected chi connectivity index (χ4v) is 3.43. The van der Waals surface area contributed by atoms with Crippen LogP contribution in [0.15, 0.2) is 36.5 Å². The van der Waals surface area contributed by atoms with Crippen LogP contribution in [0.25, 0.3) is 11.3 Å². The molecule has 0 spiro atoms. The van der Waals surface area contributed by atoms with Crippen molar-refractivity contribution in [1.29, 1.82) is 0 Å². The fraction of sp³-hybridized carbons (Fsp3) is 0.238. The maximum absolute atomic E-state index is 11.6. The highest BCUT2D eigenvalue weighted by Crippen LogP contribution is 2.30. The highest BCUT2D eigenvalue weighted by molar-refractivity contribution is 5.83. The van der Waals surface area contributed by atoms with E-state index in [0.717, 1.165) is 28.8 Å². The summed E-state index contributed by atoms with van der Waals surface area (Å²) in [5.41, 5.74) is 11.1. The summed E-state index contributed by atoms with van der Waals surface area (Å²) in [4.78, 5) is 31.2. The predicted molar refractivity (Wildman–Crippen MR) is 110 cm³/mol. The van der Waals surface area contributed by atoms with E-state index in [-0.39, 0.29) is 6.42 Å². The molecule has 0 unspecified atom stereocenters. The van der Waals surface area contributed by atoms with E-state index in [1.807, 2.05) is 18.4 Å². The van der Waals surface area contributed by atoms with Crippen LogP contribution < -0.4 is 11.1 Å². The summed E-state index contributed by atoms with van der Waals surface area (Å²) in [6.07, 6.45) is 2.48. The lowest BCUT2D eigenvalue weighted by molar-refractivity contribution is -0.136. The van der Waals surface area contributed by atoms with Gasteiger partial charge in [-0.2, -0.15) is 0 Å². The number of carboxylic acid groups (broad SMARTS) is 1. The molecule has 0 bridgehead atoms. The van der Waals surface area contributed by atoms with Gasteiger partial charge < -0.3 is 20.7 Å². The lowest BCUT2D eigenvalue weighted by atomic mass is 10.1. The van der Waals surface area contributed by atoms with Gasteiger partial charge in [0.05, 0.1) is 17.8 Å². The van der Waals surface area contributed by atoms with Crippen molar-refractivity contribution < 1.29 is 14.7 Å². The minimum atomic E-state index is -0.872. The van der Waals surface area contributed by atoms with Gasteiger partial charge in [-0.1, -0.05) is 12.1 Å². The number of aromatic nitrogens is 3. The van der Waals surface area contributed by atoms with Crippen molar-refractivity contribution >= 4 is 23.9 Å². The quantitative estimate of drug-likeness (QED) is 0.503. The average molecular weight is 393 g/mol. The first-order valence-corrected chi connectivity index (χ1v) is 9.20. The Hall–Kier alpha value is -3.52. The number of benzene rings is 1. The summed E-state index contributed by atoms with van der Waals surface area (Å²) in [7, 11) is 0. The first-order valence-electron chi connectivity index (χ1n) is 9.20. The molecular formula is C21H23N5O3. The van der Waals surface area contributed by atoms with Crippen LogP contribution in [0.3, 0.4) is 0 Å². The normalized spacial score (nSPS) is 10.7. The van der Waals surface area contributed by atoms with Gasteiger partial charge in [0.25, 0.3) is 0 Å². The highest BCUT2D eigenvalue weighted by Gasteiger charge is 2.19. The second-order valence-electron chi connectivity index (χ2n) is 6.69. The first-order chi connectivity index (χ1) is 13.9. The van der Waals surface area contributed by atoms with Crippen LogP contribution in [0.1, 0.15) is 27.3 Å². The van der Waals surface area contributed by atoms with E-state index in [1.54, 1.807) is 36.5 Å². The third-order valence-corrected chi connectivity index (χ3v) is 4.76. The Morgan fingerprint density at radius 3 is 2.59 bits per heavy atom. The SMILES string of the molecule is Cc1c(-c2ccnc(Nc3ccc(CC(=O)O)cc3)n2)c(C)n(CCN)c1C=O. The molecule has 3 aromatic rings. The van der Waals surface area contributed by atoms with Crippen LogP contribution in [0.5, 0.6) is 0 Å². The summed E-state index contributed by atoms with van der Waals surface area (Å²) in [5.74, 6) is -0.463. The van der Waals surface area contributed by atoms with E-state index in [9.17, 15) is 9.59 Å². The number of hydrogen-bond acceptors (Lipinski definition) is 6. The first kappa shape index (κ1) is 20.2. The molecule has 0 aliphatic carbocycles. The molecular weight excluding hydrogens is 370 g/mol. The zero-order valence-corrected chi connectivity index (χ0v) is 16.3. The molecule has 8 nitrogen and oxygen atoms in total. The van der Waals surface area contributed by atoms with Crippen LogP contribution in [0.2, 0.25) is 0 Å². The van der Waals surface area contributed by atoms with Gasteiger partial charge >= 0.3 is 5.97 Å². The van der Waals surface area contributed by atoms with Gasteiger partial charge in [-0.3, -0.25) is 9.59 Å². The number of carbonyl (C=O) groups excluding carboxylic acids is 1. The molecule has 0 amide bonds. The molecule has 8 heteroatoms. The maximum atomic E-state index is 11.6. The smallest absolute Gasteiger partial charge is 0.307 e. The van der Waals surface area contributed by atoms with Crippen molar-refractivity contribution in [3.8, 4) is 11.3 Å².